The van der Waals surface area contributed by atoms with E-state index in [1.807, 2.05) is 6.07 Å². The van der Waals surface area contributed by atoms with Crippen LogP contribution in [0.25, 0.3) is 0 Å². The van der Waals surface area contributed by atoms with E-state index in [-0.39, 0.29) is 55.0 Å². The monoisotopic (exact) mass is 487 g/mol. The van der Waals surface area contributed by atoms with E-state index in [4.69, 9.17) is 9.84 Å². The van der Waals surface area contributed by atoms with Crippen molar-refractivity contribution in [2.75, 3.05) is 13.7 Å². The van der Waals surface area contributed by atoms with Crippen molar-refractivity contribution in [1.82, 2.24) is 4.90 Å². The summed E-state index contributed by atoms with van der Waals surface area (Å²) in [6, 6.07) is 6.68. The lowest BCUT2D eigenvalue weighted by atomic mass is 9.84. The number of carboxylic acid groups (broad SMARTS) is 1. The van der Waals surface area contributed by atoms with E-state index < -0.39 is 29.1 Å². The van der Waals surface area contributed by atoms with Gasteiger partial charge >= 0.3 is 5.97 Å². The number of rotatable bonds is 8. The van der Waals surface area contributed by atoms with Crippen LogP contribution in [0, 0.1) is 11.6 Å². The summed E-state index contributed by atoms with van der Waals surface area (Å²) in [6.07, 6.45) is 0.249. The summed E-state index contributed by atoms with van der Waals surface area (Å²) in [4.78, 5) is 38.8. The van der Waals surface area contributed by atoms with Gasteiger partial charge in [-0.1, -0.05) is 26.8 Å². The highest BCUT2D eigenvalue weighted by molar-refractivity contribution is 5.92. The number of halogens is 2. The number of fused-ring (bicyclic) bond motifs is 1. The predicted octanol–water partition coefficient (Wildman–Crippen LogP) is 4.76. The van der Waals surface area contributed by atoms with Gasteiger partial charge in [0.1, 0.15) is 23.4 Å². The second kappa shape index (κ2) is 10.5. The number of hydrogen-bond acceptors (Lipinski definition) is 4. The molecule has 2 aromatic carbocycles. The predicted molar refractivity (Wildman–Crippen MR) is 126 cm³/mol. The van der Waals surface area contributed by atoms with Crippen molar-refractivity contribution in [3.63, 3.8) is 0 Å². The molecule has 188 valence electrons. The molecule has 0 bridgehead atoms. The average Bonchev–Trinajstić information content (AvgIpc) is 2.75. The second-order valence-electron chi connectivity index (χ2n) is 9.88. The minimum atomic E-state index is -0.996. The van der Waals surface area contributed by atoms with Crippen molar-refractivity contribution in [3.8, 4) is 5.75 Å². The molecule has 0 saturated carbocycles. The SMILES string of the molecule is COc1ccc2c(c1)CCN(C(=O)CCCC(=O)O)[C@H]2C(=O)Cc1cc(F)c(C(C)(C)C)c(F)c1. The largest absolute Gasteiger partial charge is 0.497 e. The second-order valence-corrected chi connectivity index (χ2v) is 9.88. The van der Waals surface area contributed by atoms with Gasteiger partial charge in [-0.25, -0.2) is 8.78 Å². The van der Waals surface area contributed by atoms with Gasteiger partial charge in [0.2, 0.25) is 5.91 Å². The summed E-state index contributed by atoms with van der Waals surface area (Å²) in [5.74, 6) is -2.50. The highest BCUT2D eigenvalue weighted by Crippen LogP contribution is 2.35. The summed E-state index contributed by atoms with van der Waals surface area (Å²) in [6.45, 7) is 5.40. The fraction of sp³-hybridized carbons (Fsp3) is 0.444. The number of amides is 1. The molecule has 3 rings (SSSR count). The van der Waals surface area contributed by atoms with Crippen molar-refractivity contribution in [3.05, 3.63) is 64.2 Å². The molecule has 0 aromatic heterocycles. The molecule has 1 atom stereocenters. The molecule has 8 heteroatoms. The number of carbonyl (C=O) groups is 3. The first-order chi connectivity index (χ1) is 16.4. The standard InChI is InChI=1S/C27H31F2NO5/c1-27(2,3)25-20(28)12-16(13-21(25)29)14-22(31)26-19-9-8-18(35-4)15-17(19)10-11-30(26)23(32)6-5-7-24(33)34/h8-9,12-13,15,26H,5-7,10-11,14H2,1-4H3,(H,33,34)/t26-/m1/s1. The van der Waals surface area contributed by atoms with E-state index in [9.17, 15) is 23.2 Å². The fourth-order valence-corrected chi connectivity index (χ4v) is 4.62. The van der Waals surface area contributed by atoms with Crippen molar-refractivity contribution >= 4 is 17.7 Å². The third-order valence-corrected chi connectivity index (χ3v) is 6.22. The van der Waals surface area contributed by atoms with E-state index in [2.05, 4.69) is 0 Å². The van der Waals surface area contributed by atoms with Crippen LogP contribution in [-0.4, -0.2) is 41.3 Å². The molecule has 1 amide bonds. The molecule has 0 radical (unpaired) electrons. The highest BCUT2D eigenvalue weighted by Gasteiger charge is 2.36. The van der Waals surface area contributed by atoms with E-state index in [0.29, 0.717) is 17.7 Å². The molecule has 0 spiro atoms. The molecule has 1 aliphatic rings. The van der Waals surface area contributed by atoms with Gasteiger partial charge in [-0.2, -0.15) is 0 Å². The van der Waals surface area contributed by atoms with Gasteiger partial charge in [0.15, 0.2) is 5.78 Å². The lowest BCUT2D eigenvalue weighted by molar-refractivity contribution is -0.141. The summed E-state index contributed by atoms with van der Waals surface area (Å²) in [5, 5.41) is 8.88. The number of methoxy groups -OCH3 is 1. The van der Waals surface area contributed by atoms with Crippen LogP contribution >= 0.6 is 0 Å². The summed E-state index contributed by atoms with van der Waals surface area (Å²) in [7, 11) is 1.54. The number of benzene rings is 2. The highest BCUT2D eigenvalue weighted by atomic mass is 19.1. The number of aliphatic carboxylic acids is 1. The number of Topliss-reactive ketones (excluding diaryl/α,β-unsaturated/α-hetero) is 1. The molecule has 0 fully saturated rings. The minimum Gasteiger partial charge on any atom is -0.497 e. The molecular formula is C27H31F2NO5. The summed E-state index contributed by atoms with van der Waals surface area (Å²) < 4.78 is 34.8. The van der Waals surface area contributed by atoms with Gasteiger partial charge in [-0.3, -0.25) is 14.4 Å². The topological polar surface area (TPSA) is 83.9 Å². The number of ether oxygens (including phenoxy) is 1. The van der Waals surface area contributed by atoms with Gasteiger partial charge in [0, 0.05) is 31.4 Å². The van der Waals surface area contributed by atoms with E-state index in [1.54, 1.807) is 32.9 Å². The number of ketones is 1. The first-order valence-corrected chi connectivity index (χ1v) is 11.6. The van der Waals surface area contributed by atoms with E-state index in [1.165, 1.54) is 24.1 Å². The zero-order chi connectivity index (χ0) is 25.9. The van der Waals surface area contributed by atoms with Crippen LogP contribution in [0.5, 0.6) is 5.75 Å². The molecule has 1 heterocycles. The van der Waals surface area contributed by atoms with Crippen LogP contribution in [-0.2, 0) is 32.6 Å². The van der Waals surface area contributed by atoms with Crippen LogP contribution in [0.3, 0.4) is 0 Å². The molecule has 0 aliphatic carbocycles. The minimum absolute atomic E-state index is 0.00883. The van der Waals surface area contributed by atoms with E-state index in [0.717, 1.165) is 5.56 Å². The normalized spacial score (nSPS) is 15.5. The average molecular weight is 488 g/mol. The molecular weight excluding hydrogens is 456 g/mol. The van der Waals surface area contributed by atoms with Gasteiger partial charge in [-0.15, -0.1) is 0 Å². The molecule has 1 aliphatic heterocycles. The van der Waals surface area contributed by atoms with Crippen LogP contribution in [0.1, 0.15) is 68.3 Å². The molecule has 0 unspecified atom stereocenters. The van der Waals surface area contributed by atoms with Crippen molar-refractivity contribution in [1.29, 1.82) is 0 Å². The Labute approximate surface area is 203 Å². The Morgan fingerprint density at radius 3 is 2.31 bits per heavy atom. The summed E-state index contributed by atoms with van der Waals surface area (Å²) in [5.41, 5.74) is 0.909. The maximum Gasteiger partial charge on any atom is 0.303 e. The molecule has 2 aromatic rings. The maximum absolute atomic E-state index is 14.8. The molecule has 35 heavy (non-hydrogen) atoms. The number of carboxylic acids is 1. The van der Waals surface area contributed by atoms with Crippen LogP contribution in [0.2, 0.25) is 0 Å². The van der Waals surface area contributed by atoms with Gasteiger partial charge in [-0.05, 0) is 59.2 Å². The Morgan fingerprint density at radius 2 is 1.74 bits per heavy atom. The Bertz CT molecular complexity index is 1120. The van der Waals surface area contributed by atoms with Crippen LogP contribution in [0.4, 0.5) is 8.78 Å². The third-order valence-electron chi connectivity index (χ3n) is 6.22. The number of hydrogen-bond donors (Lipinski definition) is 1. The Balaban J connectivity index is 1.93. The lowest BCUT2D eigenvalue weighted by Gasteiger charge is -2.37. The Hall–Kier alpha value is -3.29. The lowest BCUT2D eigenvalue weighted by Crippen LogP contribution is -2.44. The van der Waals surface area contributed by atoms with Crippen molar-refractivity contribution < 1.29 is 33.0 Å². The van der Waals surface area contributed by atoms with Crippen LogP contribution < -0.4 is 4.74 Å². The van der Waals surface area contributed by atoms with E-state index >= 15 is 0 Å². The quantitative estimate of drug-likeness (QED) is 0.580. The Morgan fingerprint density at radius 1 is 1.09 bits per heavy atom. The third kappa shape index (κ3) is 6.05. The molecule has 6 nitrogen and oxygen atoms in total. The first-order valence-electron chi connectivity index (χ1n) is 11.6. The summed E-state index contributed by atoms with van der Waals surface area (Å²) >= 11 is 0. The first kappa shape index (κ1) is 26.3. The smallest absolute Gasteiger partial charge is 0.303 e. The number of nitrogens with zero attached hydrogens (tertiary/aromatic N) is 1. The van der Waals surface area contributed by atoms with Gasteiger partial charge in [0.05, 0.1) is 7.11 Å². The molecule has 0 saturated heterocycles. The maximum atomic E-state index is 14.8. The van der Waals surface area contributed by atoms with Crippen LogP contribution in [0.15, 0.2) is 30.3 Å². The molecule has 1 N–H and O–H groups in total. The number of carbonyl (C=O) groups excluding carboxylic acids is 2. The van der Waals surface area contributed by atoms with Crippen molar-refractivity contribution in [2.24, 2.45) is 0 Å². The Kier molecular flexibility index (Phi) is 7.93. The van der Waals surface area contributed by atoms with Gasteiger partial charge < -0.3 is 14.7 Å². The van der Waals surface area contributed by atoms with Crippen molar-refractivity contribution in [2.45, 2.75) is 64.3 Å². The van der Waals surface area contributed by atoms with Gasteiger partial charge in [0.25, 0.3) is 0 Å². The zero-order valence-electron chi connectivity index (χ0n) is 20.5. The zero-order valence-corrected chi connectivity index (χ0v) is 20.5. The fourth-order valence-electron chi connectivity index (χ4n) is 4.62.